The summed E-state index contributed by atoms with van der Waals surface area (Å²) < 4.78 is 0. The molecule has 7 rings (SSSR count). The predicted octanol–water partition coefficient (Wildman–Crippen LogP) is 8.99. The number of carbonyl (C=O) groups excluding carboxylic acids is 2. The summed E-state index contributed by atoms with van der Waals surface area (Å²) in [7, 11) is 0. The molecule has 0 heterocycles. The standard InChI is InChI=1S/C57H73NO7/c1-2-3-5-16-47-36-46(23-24-53(47)61)51-33-40-12-10-19-50(32-40)56(27-25-45-34-42-14-8-9-15-43(42)35-49(45)37-56)54(55(62)63)52(57(64,65)28-30-59)20-11-18-41(51)13-6-4-7-17-48(38-60)44-22-21-39(31-44)26-29-58/h8-12,14-15,19-20,23-24,30-32,34-36,38,41,44-45,48-49,51-52,54,61,64-65H,2-7,13,16-18,21-22,25-29,33,37,58H2,1H3,(H,62,63)/b20-11-/t41-,44+,45-,48-,49-,51+,52-,54-,56-/m1/s1. The lowest BCUT2D eigenvalue weighted by molar-refractivity contribution is -0.212. The zero-order chi connectivity index (χ0) is 46.0. The number of carboxylic acid groups (broad SMARTS) is 1. The Morgan fingerprint density at radius 2 is 1.71 bits per heavy atom. The van der Waals surface area contributed by atoms with E-state index in [-0.39, 0.29) is 35.5 Å². The number of benzene rings is 3. The molecule has 0 amide bonds. The maximum Gasteiger partial charge on any atom is 0.308 e. The highest BCUT2D eigenvalue weighted by Crippen LogP contribution is 2.55. The van der Waals surface area contributed by atoms with Crippen LogP contribution in [0.25, 0.3) is 12.2 Å². The molecule has 6 N–H and O–H groups in total. The van der Waals surface area contributed by atoms with Crippen molar-refractivity contribution in [2.75, 3.05) is 6.54 Å². The average molecular weight is 884 g/mol. The molecular formula is C57H73NO7. The number of aliphatic hydroxyl groups is 2. The molecule has 0 saturated heterocycles. The number of carbonyl (C=O) groups is 3. The van der Waals surface area contributed by atoms with Gasteiger partial charge in [-0.05, 0) is 152 Å². The molecule has 4 aliphatic carbocycles. The number of unbranched alkanes of at least 4 members (excludes halogenated alkanes) is 4. The lowest BCUT2D eigenvalue weighted by atomic mass is 9.53. The van der Waals surface area contributed by atoms with E-state index in [0.717, 1.165) is 117 Å². The van der Waals surface area contributed by atoms with E-state index in [9.17, 15) is 34.8 Å². The Bertz CT molecular complexity index is 2300. The number of aliphatic carboxylic acids is 1. The fourth-order valence-electron chi connectivity index (χ4n) is 12.4. The number of carboxylic acids is 1. The van der Waals surface area contributed by atoms with E-state index in [1.54, 1.807) is 6.08 Å². The summed E-state index contributed by atoms with van der Waals surface area (Å²) in [5.74, 6) is -5.26. The zero-order valence-corrected chi connectivity index (χ0v) is 38.5. The Balaban J connectivity index is 1.27. The molecule has 1 spiro atoms. The van der Waals surface area contributed by atoms with Crippen LogP contribution >= 0.6 is 0 Å². The first-order valence-electron chi connectivity index (χ1n) is 24.8. The van der Waals surface area contributed by atoms with Crippen LogP contribution < -0.4 is 16.2 Å². The summed E-state index contributed by atoms with van der Waals surface area (Å²) in [5, 5.41) is 48.6. The largest absolute Gasteiger partial charge is 0.508 e. The second-order valence-corrected chi connectivity index (χ2v) is 20.1. The maximum absolute atomic E-state index is 14.0. The van der Waals surface area contributed by atoms with Gasteiger partial charge in [-0.2, -0.15) is 0 Å². The summed E-state index contributed by atoms with van der Waals surface area (Å²) in [6.45, 7) is 2.81. The average Bonchev–Trinajstić information content (AvgIpc) is 3.76. The number of phenolic OH excluding ortho intramolecular Hbond substituents is 1. The number of rotatable bonds is 19. The number of hydrogen-bond donors (Lipinski definition) is 5. The lowest BCUT2D eigenvalue weighted by Gasteiger charge is -2.51. The summed E-state index contributed by atoms with van der Waals surface area (Å²) >= 11 is 0. The molecule has 8 nitrogen and oxygen atoms in total. The second-order valence-electron chi connectivity index (χ2n) is 20.1. The first-order chi connectivity index (χ1) is 31.5. The molecule has 1 saturated carbocycles. The van der Waals surface area contributed by atoms with Crippen molar-refractivity contribution in [3.63, 3.8) is 0 Å². The molecule has 0 radical (unpaired) electrons. The fourth-order valence-corrected chi connectivity index (χ4v) is 12.4. The van der Waals surface area contributed by atoms with Crippen LogP contribution in [0.1, 0.15) is 138 Å². The fraction of sp³-hybridized carbons (Fsp3) is 0.526. The van der Waals surface area contributed by atoms with E-state index in [4.69, 9.17) is 5.73 Å². The summed E-state index contributed by atoms with van der Waals surface area (Å²) in [6, 6.07) is 22.8. The molecule has 8 heteroatoms. The van der Waals surface area contributed by atoms with Crippen molar-refractivity contribution in [1.82, 2.24) is 0 Å². The molecule has 2 bridgehead atoms. The van der Waals surface area contributed by atoms with Gasteiger partial charge in [0.2, 0.25) is 0 Å². The third-order valence-electron chi connectivity index (χ3n) is 15.9. The molecule has 1 fully saturated rings. The molecule has 348 valence electrons. The minimum Gasteiger partial charge on any atom is -0.508 e. The first-order valence-corrected chi connectivity index (χ1v) is 24.8. The van der Waals surface area contributed by atoms with Crippen LogP contribution in [0.15, 0.2) is 90.5 Å². The van der Waals surface area contributed by atoms with E-state index in [1.807, 2.05) is 36.4 Å². The Hall–Kier alpha value is -4.63. The van der Waals surface area contributed by atoms with Crippen molar-refractivity contribution in [2.45, 2.75) is 140 Å². The quantitative estimate of drug-likeness (QED) is 0.0346. The SMILES string of the molecule is CCCCCc1cc([C@H]2Cc3cccc(c3)[C@]3(CC[C@@H]4C=c5ccccc5=C[C@@H]4C3)[C@@H](C(=O)O)[C@H](C(O)(O)CC=O)/C=C\C[C@H]2CCCCC[C@H](C=O)[C@@H]2C=C(CCN)CC2)ccc1O. The second kappa shape index (κ2) is 22.2. The van der Waals surface area contributed by atoms with E-state index in [2.05, 4.69) is 61.5 Å². The molecular weight excluding hydrogens is 811 g/mol. The Labute approximate surface area is 386 Å². The minimum absolute atomic E-state index is 0.00342. The van der Waals surface area contributed by atoms with Crippen LogP contribution in [0.5, 0.6) is 5.75 Å². The molecule has 3 aromatic rings. The summed E-state index contributed by atoms with van der Waals surface area (Å²) in [6.07, 6.45) is 26.0. The van der Waals surface area contributed by atoms with Crippen molar-refractivity contribution in [2.24, 2.45) is 47.2 Å². The van der Waals surface area contributed by atoms with Gasteiger partial charge in [0.05, 0.1) is 12.3 Å². The molecule has 0 unspecified atom stereocenters. The predicted molar refractivity (Wildman–Crippen MR) is 258 cm³/mol. The van der Waals surface area contributed by atoms with Gasteiger partial charge in [0.25, 0.3) is 0 Å². The highest BCUT2D eigenvalue weighted by atomic mass is 16.5. The number of aromatic hydroxyl groups is 1. The summed E-state index contributed by atoms with van der Waals surface area (Å²) in [4.78, 5) is 38.4. The van der Waals surface area contributed by atoms with E-state index >= 15 is 0 Å². The van der Waals surface area contributed by atoms with Gasteiger partial charge in [-0.25, -0.2) is 0 Å². The lowest BCUT2D eigenvalue weighted by Crippen LogP contribution is -2.55. The minimum atomic E-state index is -2.60. The molecule has 65 heavy (non-hydrogen) atoms. The normalized spacial score (nSPS) is 27.4. The zero-order valence-electron chi connectivity index (χ0n) is 38.5. The van der Waals surface area contributed by atoms with E-state index in [1.165, 1.54) is 10.8 Å². The van der Waals surface area contributed by atoms with Crippen LogP contribution in [-0.4, -0.2) is 51.3 Å². The van der Waals surface area contributed by atoms with Crippen LogP contribution in [0.3, 0.4) is 0 Å². The van der Waals surface area contributed by atoms with Crippen LogP contribution in [0, 0.1) is 41.4 Å². The molecule has 0 aliphatic heterocycles. The molecule has 4 aliphatic rings. The van der Waals surface area contributed by atoms with Gasteiger partial charge in [-0.1, -0.05) is 136 Å². The Kier molecular flexibility index (Phi) is 16.5. The van der Waals surface area contributed by atoms with E-state index in [0.29, 0.717) is 44.3 Å². The number of hydrogen-bond acceptors (Lipinski definition) is 7. The number of fused-ring (bicyclic) bond motifs is 5. The monoisotopic (exact) mass is 884 g/mol. The van der Waals surface area contributed by atoms with Gasteiger partial charge in [0.15, 0.2) is 5.79 Å². The number of allylic oxidation sites excluding steroid dienone is 2. The molecule has 3 aromatic carbocycles. The van der Waals surface area contributed by atoms with Crippen molar-refractivity contribution in [3.8, 4) is 5.75 Å². The van der Waals surface area contributed by atoms with Gasteiger partial charge >= 0.3 is 5.97 Å². The summed E-state index contributed by atoms with van der Waals surface area (Å²) in [5.41, 5.74) is 10.3. The number of aryl methyl sites for hydroxylation is 1. The van der Waals surface area contributed by atoms with Crippen molar-refractivity contribution in [3.05, 3.63) is 123 Å². The van der Waals surface area contributed by atoms with Crippen LogP contribution in [0.2, 0.25) is 0 Å². The number of aldehydes is 2. The van der Waals surface area contributed by atoms with Crippen LogP contribution in [0.4, 0.5) is 0 Å². The third-order valence-corrected chi connectivity index (χ3v) is 15.9. The third kappa shape index (κ3) is 11.3. The van der Waals surface area contributed by atoms with Gasteiger partial charge in [-0.15, -0.1) is 0 Å². The Morgan fingerprint density at radius 1 is 0.908 bits per heavy atom. The van der Waals surface area contributed by atoms with Crippen LogP contribution in [-0.2, 0) is 32.6 Å². The number of phenols is 1. The van der Waals surface area contributed by atoms with Gasteiger partial charge in [0, 0.05) is 17.3 Å². The first kappa shape index (κ1) is 48.3. The van der Waals surface area contributed by atoms with Crippen molar-refractivity contribution in [1.29, 1.82) is 0 Å². The Morgan fingerprint density at radius 3 is 2.45 bits per heavy atom. The van der Waals surface area contributed by atoms with Gasteiger partial charge < -0.3 is 35.7 Å². The maximum atomic E-state index is 14.0. The smallest absolute Gasteiger partial charge is 0.308 e. The van der Waals surface area contributed by atoms with Crippen molar-refractivity contribution < 1.29 is 34.8 Å². The van der Waals surface area contributed by atoms with E-state index < -0.39 is 35.4 Å². The van der Waals surface area contributed by atoms with Crippen molar-refractivity contribution >= 4 is 30.7 Å². The topological polar surface area (TPSA) is 158 Å². The molecule has 0 aromatic heterocycles. The molecule has 9 atom stereocenters. The van der Waals surface area contributed by atoms with Gasteiger partial charge in [0.1, 0.15) is 18.3 Å². The number of nitrogens with two attached hydrogens (primary N) is 1. The highest BCUT2D eigenvalue weighted by Gasteiger charge is 2.56. The van der Waals surface area contributed by atoms with Gasteiger partial charge in [-0.3, -0.25) is 4.79 Å². The highest BCUT2D eigenvalue weighted by molar-refractivity contribution is 5.74.